The Kier molecular flexibility index (Phi) is 6.11. The highest BCUT2D eigenvalue weighted by molar-refractivity contribution is 5.92. The lowest BCUT2D eigenvalue weighted by Gasteiger charge is -2.10. The summed E-state index contributed by atoms with van der Waals surface area (Å²) in [7, 11) is 4.03. The predicted molar refractivity (Wildman–Crippen MR) is 94.2 cm³/mol. The van der Waals surface area contributed by atoms with Gasteiger partial charge in [-0.1, -0.05) is 17.7 Å². The summed E-state index contributed by atoms with van der Waals surface area (Å²) >= 11 is 0. The summed E-state index contributed by atoms with van der Waals surface area (Å²) in [5, 5.41) is 6.14. The number of benzene rings is 1. The Labute approximate surface area is 137 Å². The molecule has 2 N–H and O–H groups in total. The Morgan fingerprint density at radius 1 is 1.09 bits per heavy atom. The van der Waals surface area contributed by atoms with Crippen LogP contribution in [-0.2, 0) is 0 Å². The van der Waals surface area contributed by atoms with E-state index in [2.05, 4.69) is 27.4 Å². The molecule has 5 heteroatoms. The summed E-state index contributed by atoms with van der Waals surface area (Å²) in [4.78, 5) is 18.3. The molecule has 2 rings (SSSR count). The van der Waals surface area contributed by atoms with E-state index in [0.29, 0.717) is 12.2 Å². The molecule has 0 aliphatic rings. The zero-order valence-corrected chi connectivity index (χ0v) is 14.0. The van der Waals surface area contributed by atoms with Crippen LogP contribution in [-0.4, -0.2) is 43.0 Å². The maximum atomic E-state index is 12.0. The van der Waals surface area contributed by atoms with Gasteiger partial charge >= 0.3 is 0 Å². The van der Waals surface area contributed by atoms with Gasteiger partial charge in [-0.15, -0.1) is 0 Å². The molecule has 23 heavy (non-hydrogen) atoms. The van der Waals surface area contributed by atoms with Gasteiger partial charge in [-0.25, -0.2) is 4.98 Å². The number of aromatic nitrogens is 1. The van der Waals surface area contributed by atoms with Crippen molar-refractivity contribution in [1.29, 1.82) is 0 Å². The number of rotatable bonds is 7. The van der Waals surface area contributed by atoms with Gasteiger partial charge in [-0.3, -0.25) is 4.79 Å². The van der Waals surface area contributed by atoms with Gasteiger partial charge in [0.15, 0.2) is 0 Å². The number of carbonyl (C=O) groups is 1. The van der Waals surface area contributed by atoms with Crippen molar-refractivity contribution in [3.8, 4) is 0 Å². The van der Waals surface area contributed by atoms with Crippen LogP contribution in [0.1, 0.15) is 22.5 Å². The lowest BCUT2D eigenvalue weighted by molar-refractivity contribution is 0.0947. The summed E-state index contributed by atoms with van der Waals surface area (Å²) in [5.41, 5.74) is 3.51. The van der Waals surface area contributed by atoms with Gasteiger partial charge < -0.3 is 15.5 Å². The first kappa shape index (κ1) is 17.0. The molecule has 0 bridgehead atoms. The molecule has 1 heterocycles. The van der Waals surface area contributed by atoms with Gasteiger partial charge in [-0.2, -0.15) is 0 Å². The normalized spacial score (nSPS) is 10.6. The molecule has 1 aromatic heterocycles. The van der Waals surface area contributed by atoms with Crippen molar-refractivity contribution in [2.24, 2.45) is 0 Å². The van der Waals surface area contributed by atoms with Crippen LogP contribution < -0.4 is 10.6 Å². The van der Waals surface area contributed by atoms with Gasteiger partial charge in [0.25, 0.3) is 5.91 Å². The van der Waals surface area contributed by atoms with Crippen LogP contribution in [0.25, 0.3) is 0 Å². The van der Waals surface area contributed by atoms with E-state index in [1.807, 2.05) is 44.4 Å². The van der Waals surface area contributed by atoms with Gasteiger partial charge in [0, 0.05) is 12.2 Å². The van der Waals surface area contributed by atoms with E-state index in [0.717, 1.165) is 24.3 Å². The van der Waals surface area contributed by atoms with Crippen molar-refractivity contribution >= 4 is 17.3 Å². The topological polar surface area (TPSA) is 57.3 Å². The average molecular weight is 312 g/mol. The van der Waals surface area contributed by atoms with Gasteiger partial charge in [0.2, 0.25) is 0 Å². The fourth-order valence-electron chi connectivity index (χ4n) is 2.09. The molecule has 0 saturated heterocycles. The largest absolute Gasteiger partial charge is 0.354 e. The second-order valence-electron chi connectivity index (χ2n) is 5.84. The van der Waals surface area contributed by atoms with E-state index in [1.54, 1.807) is 12.3 Å². The molecule has 0 aliphatic carbocycles. The number of hydrogen-bond acceptors (Lipinski definition) is 4. The second kappa shape index (κ2) is 8.29. The number of nitrogens with zero attached hydrogens (tertiary/aromatic N) is 2. The van der Waals surface area contributed by atoms with Crippen LogP contribution in [0.5, 0.6) is 0 Å². The molecule has 1 amide bonds. The maximum absolute atomic E-state index is 12.0. The molecule has 1 aromatic carbocycles. The maximum Gasteiger partial charge on any atom is 0.269 e. The molecule has 0 aliphatic heterocycles. The lowest BCUT2D eigenvalue weighted by atomic mass is 10.2. The van der Waals surface area contributed by atoms with Crippen molar-refractivity contribution < 1.29 is 4.79 Å². The van der Waals surface area contributed by atoms with Crippen LogP contribution >= 0.6 is 0 Å². The molecule has 122 valence electrons. The molecule has 0 atom stereocenters. The number of anilines is 2. The summed E-state index contributed by atoms with van der Waals surface area (Å²) in [6, 6.07) is 11.7. The number of nitrogens with one attached hydrogen (secondary N) is 2. The fourth-order valence-corrected chi connectivity index (χ4v) is 2.09. The van der Waals surface area contributed by atoms with Crippen LogP contribution in [0.4, 0.5) is 11.4 Å². The second-order valence-corrected chi connectivity index (χ2v) is 5.84. The van der Waals surface area contributed by atoms with Crippen LogP contribution in [0, 0.1) is 6.92 Å². The van der Waals surface area contributed by atoms with Crippen molar-refractivity contribution in [2.45, 2.75) is 13.3 Å². The van der Waals surface area contributed by atoms with Crippen molar-refractivity contribution in [3.63, 3.8) is 0 Å². The zero-order valence-electron chi connectivity index (χ0n) is 14.0. The smallest absolute Gasteiger partial charge is 0.269 e. The molecule has 0 unspecified atom stereocenters. The monoisotopic (exact) mass is 312 g/mol. The molecular weight excluding hydrogens is 288 g/mol. The standard InChI is InChI=1S/C18H24N4O/c1-14-5-7-15(8-6-14)21-16-9-10-17(20-13-16)18(23)19-11-4-12-22(2)3/h5-10,13,21H,4,11-12H2,1-3H3,(H,19,23). The summed E-state index contributed by atoms with van der Waals surface area (Å²) < 4.78 is 0. The van der Waals surface area contributed by atoms with Gasteiger partial charge in [0.05, 0.1) is 11.9 Å². The average Bonchev–Trinajstić information content (AvgIpc) is 2.54. The van der Waals surface area contributed by atoms with Crippen molar-refractivity contribution in [3.05, 3.63) is 53.9 Å². The van der Waals surface area contributed by atoms with Crippen molar-refractivity contribution in [1.82, 2.24) is 15.2 Å². The minimum atomic E-state index is -0.134. The number of aryl methyl sites for hydroxylation is 1. The summed E-state index contributed by atoms with van der Waals surface area (Å²) in [5.74, 6) is -0.134. The number of hydrogen-bond donors (Lipinski definition) is 2. The Morgan fingerprint density at radius 3 is 2.39 bits per heavy atom. The highest BCUT2D eigenvalue weighted by atomic mass is 16.1. The Hall–Kier alpha value is -2.40. The number of pyridine rings is 1. The first-order valence-electron chi connectivity index (χ1n) is 7.77. The van der Waals surface area contributed by atoms with Gasteiger partial charge in [-0.05, 0) is 58.3 Å². The summed E-state index contributed by atoms with van der Waals surface area (Å²) in [6.45, 7) is 3.66. The first-order valence-corrected chi connectivity index (χ1v) is 7.77. The quantitative estimate of drug-likeness (QED) is 0.772. The lowest BCUT2D eigenvalue weighted by Crippen LogP contribution is -2.27. The SMILES string of the molecule is Cc1ccc(Nc2ccc(C(=O)NCCCN(C)C)nc2)cc1. The van der Waals surface area contributed by atoms with E-state index < -0.39 is 0 Å². The third-order valence-electron chi connectivity index (χ3n) is 3.40. The minimum absolute atomic E-state index is 0.134. The van der Waals surface area contributed by atoms with E-state index in [9.17, 15) is 4.79 Å². The first-order chi connectivity index (χ1) is 11.0. The molecule has 0 saturated carbocycles. The Morgan fingerprint density at radius 2 is 1.78 bits per heavy atom. The zero-order chi connectivity index (χ0) is 16.7. The molecule has 5 nitrogen and oxygen atoms in total. The van der Waals surface area contributed by atoms with E-state index >= 15 is 0 Å². The number of carbonyl (C=O) groups excluding carboxylic acids is 1. The van der Waals surface area contributed by atoms with E-state index in [1.165, 1.54) is 5.56 Å². The number of amides is 1. The molecule has 0 spiro atoms. The Balaban J connectivity index is 1.86. The van der Waals surface area contributed by atoms with Crippen molar-refractivity contribution in [2.75, 3.05) is 32.5 Å². The van der Waals surface area contributed by atoms with E-state index in [-0.39, 0.29) is 5.91 Å². The third-order valence-corrected chi connectivity index (χ3v) is 3.40. The van der Waals surface area contributed by atoms with E-state index in [4.69, 9.17) is 0 Å². The molecule has 0 radical (unpaired) electrons. The van der Waals surface area contributed by atoms with Crippen LogP contribution in [0.15, 0.2) is 42.6 Å². The van der Waals surface area contributed by atoms with Crippen LogP contribution in [0.3, 0.4) is 0 Å². The summed E-state index contributed by atoms with van der Waals surface area (Å²) in [6.07, 6.45) is 2.60. The minimum Gasteiger partial charge on any atom is -0.354 e. The molecular formula is C18H24N4O. The van der Waals surface area contributed by atoms with Crippen LogP contribution in [0.2, 0.25) is 0 Å². The molecule has 0 fully saturated rings. The third kappa shape index (κ3) is 5.71. The highest BCUT2D eigenvalue weighted by Gasteiger charge is 2.06. The highest BCUT2D eigenvalue weighted by Crippen LogP contribution is 2.16. The molecule has 2 aromatic rings. The Bertz CT molecular complexity index is 620. The predicted octanol–water partition coefficient (Wildman–Crippen LogP) is 2.82. The van der Waals surface area contributed by atoms with Gasteiger partial charge in [0.1, 0.15) is 5.69 Å². The fraction of sp³-hybridized carbons (Fsp3) is 0.333.